The van der Waals surface area contributed by atoms with Crippen LogP contribution in [0.4, 0.5) is 0 Å². The zero-order chi connectivity index (χ0) is 12.7. The van der Waals surface area contributed by atoms with Crippen molar-refractivity contribution in [3.8, 4) is 11.5 Å². The van der Waals surface area contributed by atoms with E-state index in [0.717, 1.165) is 6.07 Å². The molecule has 17 heavy (non-hydrogen) atoms. The lowest BCUT2D eigenvalue weighted by Gasteiger charge is -2.30. The van der Waals surface area contributed by atoms with Crippen molar-refractivity contribution in [3.05, 3.63) is 22.8 Å². The average Bonchev–Trinajstić information content (AvgIpc) is 2.25. The third kappa shape index (κ3) is 1.63. The van der Waals surface area contributed by atoms with Crippen molar-refractivity contribution in [1.29, 1.82) is 0 Å². The van der Waals surface area contributed by atoms with Gasteiger partial charge in [-0.05, 0) is 12.5 Å². The van der Waals surface area contributed by atoms with Crippen LogP contribution >= 0.6 is 0 Å². The Balaban J connectivity index is 2.76. The normalized spacial score (nSPS) is 23.1. The number of fused-ring (bicyclic) bond motifs is 1. The van der Waals surface area contributed by atoms with E-state index in [0.29, 0.717) is 5.56 Å². The molecule has 3 N–H and O–H groups in total. The number of benzene rings is 1. The van der Waals surface area contributed by atoms with Gasteiger partial charge in [0, 0.05) is 17.5 Å². The summed E-state index contributed by atoms with van der Waals surface area (Å²) < 4.78 is 5.08. The van der Waals surface area contributed by atoms with Crippen molar-refractivity contribution in [2.45, 2.75) is 32.5 Å². The first-order chi connectivity index (χ1) is 7.97. The summed E-state index contributed by atoms with van der Waals surface area (Å²) in [5.74, 6) is -1.35. The van der Waals surface area contributed by atoms with Crippen molar-refractivity contribution >= 4 is 5.97 Å². The summed E-state index contributed by atoms with van der Waals surface area (Å²) in [6.07, 6.45) is -0.360. The molecule has 1 aromatic carbocycles. The zero-order valence-corrected chi connectivity index (χ0v) is 9.60. The van der Waals surface area contributed by atoms with E-state index in [1.165, 1.54) is 0 Å². The molecule has 0 unspecified atom stereocenters. The molecule has 1 aliphatic heterocycles. The van der Waals surface area contributed by atoms with Crippen LogP contribution in [0.2, 0.25) is 0 Å². The van der Waals surface area contributed by atoms with Crippen molar-refractivity contribution in [1.82, 2.24) is 0 Å². The Labute approximate surface area is 98.3 Å². The molecular weight excluding hydrogens is 224 g/mol. The maximum absolute atomic E-state index is 11.7. The minimum atomic E-state index is -0.627. The first-order valence-electron chi connectivity index (χ1n) is 5.37. The fourth-order valence-electron chi connectivity index (χ4n) is 2.16. The number of phenols is 2. The minimum absolute atomic E-state index is 0.0393. The Bertz CT molecular complexity index is 480. The molecule has 0 amide bonds. The van der Waals surface area contributed by atoms with Gasteiger partial charge in [-0.15, -0.1) is 0 Å². The van der Waals surface area contributed by atoms with E-state index in [9.17, 15) is 20.1 Å². The molecule has 92 valence electrons. The first kappa shape index (κ1) is 11.7. The second kappa shape index (κ2) is 3.92. The highest BCUT2D eigenvalue weighted by Crippen LogP contribution is 2.41. The molecule has 1 aliphatic rings. The molecule has 0 radical (unpaired) electrons. The summed E-state index contributed by atoms with van der Waals surface area (Å²) in [7, 11) is 0. The van der Waals surface area contributed by atoms with Crippen LogP contribution < -0.4 is 0 Å². The summed E-state index contributed by atoms with van der Waals surface area (Å²) in [6.45, 7) is 3.15. The van der Waals surface area contributed by atoms with Gasteiger partial charge in [-0.3, -0.25) is 0 Å². The van der Waals surface area contributed by atoms with Crippen molar-refractivity contribution in [2.75, 3.05) is 0 Å². The standard InChI is InChI=1S/C12H14O5/c1-5-6(2)17-12(16)11-9(15)3-8(14)7(4-13)10(5)11/h3,5-6,13-15H,4H2,1-2H3/t5-,6+/m1/s1. The lowest BCUT2D eigenvalue weighted by atomic mass is 9.85. The number of aliphatic hydroxyl groups is 1. The summed E-state index contributed by atoms with van der Waals surface area (Å²) in [5.41, 5.74) is 0.778. The Morgan fingerprint density at radius 3 is 2.53 bits per heavy atom. The minimum Gasteiger partial charge on any atom is -0.507 e. The van der Waals surface area contributed by atoms with Gasteiger partial charge in [0.15, 0.2) is 0 Å². The predicted molar refractivity (Wildman–Crippen MR) is 59.0 cm³/mol. The number of carbonyl (C=O) groups is 1. The Hall–Kier alpha value is -1.75. The van der Waals surface area contributed by atoms with Crippen LogP contribution in [0.15, 0.2) is 6.07 Å². The number of carbonyl (C=O) groups excluding carboxylic acids is 1. The van der Waals surface area contributed by atoms with Gasteiger partial charge in [0.25, 0.3) is 0 Å². The number of phenolic OH excluding ortho intramolecular Hbond substituents is 1. The third-order valence-corrected chi connectivity index (χ3v) is 3.25. The highest BCUT2D eigenvalue weighted by molar-refractivity contribution is 5.96. The second-order valence-corrected chi connectivity index (χ2v) is 4.24. The summed E-state index contributed by atoms with van der Waals surface area (Å²) in [4.78, 5) is 11.7. The van der Waals surface area contributed by atoms with Crippen molar-refractivity contribution < 1.29 is 24.9 Å². The number of cyclic esters (lactones) is 1. The van der Waals surface area contributed by atoms with Gasteiger partial charge in [0.1, 0.15) is 23.2 Å². The molecule has 5 nitrogen and oxygen atoms in total. The van der Waals surface area contributed by atoms with E-state index in [4.69, 9.17) is 4.74 Å². The van der Waals surface area contributed by atoms with Crippen LogP contribution in [0.1, 0.15) is 41.3 Å². The fourth-order valence-corrected chi connectivity index (χ4v) is 2.16. The fraction of sp³-hybridized carbons (Fsp3) is 0.417. The zero-order valence-electron chi connectivity index (χ0n) is 9.60. The topological polar surface area (TPSA) is 87.0 Å². The van der Waals surface area contributed by atoms with Crippen LogP contribution in [-0.2, 0) is 11.3 Å². The van der Waals surface area contributed by atoms with Gasteiger partial charge in [-0.2, -0.15) is 0 Å². The molecule has 2 atom stereocenters. The number of hydrogen-bond acceptors (Lipinski definition) is 5. The number of aromatic hydroxyl groups is 2. The molecule has 5 heteroatoms. The molecule has 0 fully saturated rings. The van der Waals surface area contributed by atoms with Crippen molar-refractivity contribution in [3.63, 3.8) is 0 Å². The van der Waals surface area contributed by atoms with Crippen LogP contribution in [-0.4, -0.2) is 27.4 Å². The number of hydrogen-bond donors (Lipinski definition) is 3. The van der Waals surface area contributed by atoms with E-state index < -0.39 is 12.6 Å². The average molecular weight is 238 g/mol. The quantitative estimate of drug-likeness (QED) is 0.641. The number of ether oxygens (including phenoxy) is 1. The summed E-state index contributed by atoms with van der Waals surface area (Å²) >= 11 is 0. The van der Waals surface area contributed by atoms with E-state index in [2.05, 4.69) is 0 Å². The van der Waals surface area contributed by atoms with Crippen LogP contribution in [0, 0.1) is 0 Å². The SMILES string of the molecule is C[C@@H]1OC(=O)c2c(O)cc(O)c(CO)c2[C@@H]1C. The van der Waals surface area contributed by atoms with Gasteiger partial charge in [-0.25, -0.2) is 4.79 Å². The third-order valence-electron chi connectivity index (χ3n) is 3.25. The van der Waals surface area contributed by atoms with Crippen molar-refractivity contribution in [2.24, 2.45) is 0 Å². The summed E-state index contributed by atoms with van der Waals surface area (Å²) in [6, 6.07) is 1.05. The molecule has 0 bridgehead atoms. The Kier molecular flexibility index (Phi) is 2.71. The lowest BCUT2D eigenvalue weighted by molar-refractivity contribution is 0.0233. The number of esters is 1. The maximum Gasteiger partial charge on any atom is 0.342 e. The van der Waals surface area contributed by atoms with Gasteiger partial charge >= 0.3 is 5.97 Å². The molecule has 2 rings (SSSR count). The monoisotopic (exact) mass is 238 g/mol. The Morgan fingerprint density at radius 2 is 1.94 bits per heavy atom. The molecule has 0 saturated heterocycles. The number of aliphatic hydroxyl groups excluding tert-OH is 1. The maximum atomic E-state index is 11.7. The van der Waals surface area contributed by atoms with E-state index in [1.807, 2.05) is 6.92 Å². The van der Waals surface area contributed by atoms with E-state index >= 15 is 0 Å². The molecule has 0 saturated carbocycles. The molecule has 0 spiro atoms. The second-order valence-electron chi connectivity index (χ2n) is 4.24. The smallest absolute Gasteiger partial charge is 0.342 e. The molecule has 1 heterocycles. The highest BCUT2D eigenvalue weighted by Gasteiger charge is 2.35. The summed E-state index contributed by atoms with van der Waals surface area (Å²) in [5, 5.41) is 28.6. The molecular formula is C12H14O5. The molecule has 1 aromatic rings. The van der Waals surface area contributed by atoms with Crippen LogP contribution in [0.3, 0.4) is 0 Å². The predicted octanol–water partition coefficient (Wildman–Crippen LogP) is 1.25. The van der Waals surface area contributed by atoms with Crippen LogP contribution in [0.25, 0.3) is 0 Å². The van der Waals surface area contributed by atoms with Gasteiger partial charge in [-0.1, -0.05) is 6.92 Å². The van der Waals surface area contributed by atoms with Gasteiger partial charge in [0.05, 0.1) is 6.61 Å². The van der Waals surface area contributed by atoms with Gasteiger partial charge in [0.2, 0.25) is 0 Å². The van der Waals surface area contributed by atoms with Crippen LogP contribution in [0.5, 0.6) is 11.5 Å². The van der Waals surface area contributed by atoms with E-state index in [-0.39, 0.29) is 34.6 Å². The Morgan fingerprint density at radius 1 is 1.29 bits per heavy atom. The molecule has 0 aromatic heterocycles. The molecule has 0 aliphatic carbocycles. The number of rotatable bonds is 1. The highest BCUT2D eigenvalue weighted by atomic mass is 16.5. The van der Waals surface area contributed by atoms with E-state index in [1.54, 1.807) is 6.92 Å². The van der Waals surface area contributed by atoms with Gasteiger partial charge < -0.3 is 20.1 Å². The first-order valence-corrected chi connectivity index (χ1v) is 5.37. The largest absolute Gasteiger partial charge is 0.507 e. The lowest BCUT2D eigenvalue weighted by Crippen LogP contribution is -2.29.